The number of piperidine rings is 1. The Labute approximate surface area is 209 Å². The molecule has 3 aromatic rings. The first-order chi connectivity index (χ1) is 17.2. The molecule has 4 heteroatoms. The third kappa shape index (κ3) is 3.60. The molecule has 1 aromatic heterocycles. The van der Waals surface area contributed by atoms with Crippen molar-refractivity contribution in [3.63, 3.8) is 0 Å². The van der Waals surface area contributed by atoms with Crippen molar-refractivity contribution >= 4 is 10.9 Å². The molecule has 7 rings (SSSR count). The van der Waals surface area contributed by atoms with E-state index in [-0.39, 0.29) is 0 Å². The molecule has 1 N–H and O–H groups in total. The molecule has 3 fully saturated rings. The topological polar surface area (TPSA) is 31.5 Å². The summed E-state index contributed by atoms with van der Waals surface area (Å²) in [7, 11) is 2.36. The number of ether oxygens (including phenoxy) is 1. The monoisotopic (exact) mass is 469 g/mol. The van der Waals surface area contributed by atoms with Crippen LogP contribution in [0.25, 0.3) is 22.0 Å². The van der Waals surface area contributed by atoms with Crippen LogP contribution in [0.3, 0.4) is 0 Å². The van der Waals surface area contributed by atoms with Gasteiger partial charge in [-0.05, 0) is 68.3 Å². The highest BCUT2D eigenvalue weighted by Crippen LogP contribution is 2.47. The molecule has 35 heavy (non-hydrogen) atoms. The number of fused-ring (bicyclic) bond motifs is 6. The molecule has 4 aliphatic rings. The van der Waals surface area contributed by atoms with Gasteiger partial charge in [-0.1, -0.05) is 61.7 Å². The van der Waals surface area contributed by atoms with Crippen LogP contribution in [0.2, 0.25) is 0 Å². The minimum absolute atomic E-state index is 0.300. The fraction of sp³-hybridized carbons (Fsp3) is 0.548. The second kappa shape index (κ2) is 8.76. The van der Waals surface area contributed by atoms with E-state index in [1.54, 1.807) is 5.56 Å². The van der Waals surface area contributed by atoms with E-state index in [1.165, 1.54) is 66.2 Å². The first-order valence-corrected chi connectivity index (χ1v) is 14.0. The molecule has 4 heterocycles. The molecule has 184 valence electrons. The van der Waals surface area contributed by atoms with Crippen molar-refractivity contribution in [2.45, 2.75) is 76.3 Å². The number of hydrogen-bond acceptors (Lipinski definition) is 3. The lowest BCUT2D eigenvalue weighted by atomic mass is 9.77. The van der Waals surface area contributed by atoms with Gasteiger partial charge in [0, 0.05) is 41.6 Å². The summed E-state index contributed by atoms with van der Waals surface area (Å²) in [5.74, 6) is 1.31. The Hall–Kier alpha value is -2.14. The second-order valence-corrected chi connectivity index (χ2v) is 11.6. The summed E-state index contributed by atoms with van der Waals surface area (Å²) in [6.07, 6.45) is 9.80. The summed E-state index contributed by atoms with van der Waals surface area (Å²) in [4.78, 5) is 9.35. The Morgan fingerprint density at radius 3 is 2.63 bits per heavy atom. The van der Waals surface area contributed by atoms with Crippen molar-refractivity contribution in [2.75, 3.05) is 20.1 Å². The van der Waals surface area contributed by atoms with Crippen molar-refractivity contribution in [2.24, 2.45) is 11.8 Å². The standard InChI is InChI=1S/C31H39N3O/c1-20-25-19-34-17-16-24-29-23(21-10-5-3-6-11-21)14-9-15-26(29)32-30(24)28(34)18-27(25)33(2)31(35-20)22-12-7-4-8-13-22/h3,5-6,9-11,14-15,20,22,25,27-28,31-32H,4,7-8,12-13,16-19H2,1-2H3/t20-,25-,27-,28-,31?/m0/s1. The number of aromatic amines is 1. The van der Waals surface area contributed by atoms with Gasteiger partial charge in [0.2, 0.25) is 0 Å². The van der Waals surface area contributed by atoms with Gasteiger partial charge >= 0.3 is 0 Å². The third-order valence-electron chi connectivity index (χ3n) is 9.81. The molecular weight excluding hydrogens is 430 g/mol. The molecule has 5 atom stereocenters. The smallest absolute Gasteiger partial charge is 0.113 e. The largest absolute Gasteiger partial charge is 0.360 e. The van der Waals surface area contributed by atoms with Gasteiger partial charge in [-0.25, -0.2) is 0 Å². The number of hydrogen-bond donors (Lipinski definition) is 1. The fourth-order valence-corrected chi connectivity index (χ4v) is 8.01. The Balaban J connectivity index is 1.24. The molecule has 2 aromatic carbocycles. The van der Waals surface area contributed by atoms with Crippen LogP contribution in [0, 0.1) is 11.8 Å². The van der Waals surface area contributed by atoms with Crippen LogP contribution in [-0.4, -0.2) is 53.3 Å². The van der Waals surface area contributed by atoms with Crippen LogP contribution in [0.5, 0.6) is 0 Å². The third-order valence-corrected chi connectivity index (χ3v) is 9.81. The zero-order chi connectivity index (χ0) is 23.5. The molecule has 3 aliphatic heterocycles. The molecule has 0 radical (unpaired) electrons. The van der Waals surface area contributed by atoms with Gasteiger partial charge in [-0.2, -0.15) is 0 Å². The van der Waals surface area contributed by atoms with E-state index >= 15 is 0 Å². The average molecular weight is 470 g/mol. The van der Waals surface area contributed by atoms with E-state index in [0.29, 0.717) is 36.3 Å². The van der Waals surface area contributed by atoms with Crippen LogP contribution in [0.15, 0.2) is 48.5 Å². The van der Waals surface area contributed by atoms with Crippen molar-refractivity contribution in [3.05, 3.63) is 59.8 Å². The number of rotatable bonds is 2. The molecule has 4 nitrogen and oxygen atoms in total. The molecule has 0 spiro atoms. The van der Waals surface area contributed by atoms with E-state index in [1.807, 2.05) is 0 Å². The lowest BCUT2D eigenvalue weighted by Gasteiger charge is -2.56. The summed E-state index contributed by atoms with van der Waals surface area (Å²) in [5.41, 5.74) is 7.03. The predicted molar refractivity (Wildman–Crippen MR) is 142 cm³/mol. The van der Waals surface area contributed by atoms with E-state index in [2.05, 4.69) is 77.3 Å². The number of nitrogens with one attached hydrogen (secondary N) is 1. The minimum Gasteiger partial charge on any atom is -0.360 e. The number of H-pyrrole nitrogens is 1. The van der Waals surface area contributed by atoms with Crippen LogP contribution in [0.1, 0.15) is 62.7 Å². The number of benzene rings is 2. The van der Waals surface area contributed by atoms with E-state index in [4.69, 9.17) is 4.74 Å². The summed E-state index contributed by atoms with van der Waals surface area (Å²) in [6.45, 7) is 4.66. The van der Waals surface area contributed by atoms with Crippen molar-refractivity contribution in [1.29, 1.82) is 0 Å². The van der Waals surface area contributed by atoms with Gasteiger partial charge in [-0.3, -0.25) is 9.80 Å². The van der Waals surface area contributed by atoms with Crippen molar-refractivity contribution in [3.8, 4) is 11.1 Å². The summed E-state index contributed by atoms with van der Waals surface area (Å²) < 4.78 is 6.76. The Kier molecular flexibility index (Phi) is 5.53. The predicted octanol–water partition coefficient (Wildman–Crippen LogP) is 6.38. The van der Waals surface area contributed by atoms with Gasteiger partial charge in [0.05, 0.1) is 12.1 Å². The highest BCUT2D eigenvalue weighted by atomic mass is 16.5. The zero-order valence-electron chi connectivity index (χ0n) is 21.2. The van der Waals surface area contributed by atoms with Crippen molar-refractivity contribution < 1.29 is 4.74 Å². The minimum atomic E-state index is 0.300. The van der Waals surface area contributed by atoms with E-state index in [0.717, 1.165) is 19.5 Å². The molecule has 1 unspecified atom stereocenters. The van der Waals surface area contributed by atoms with Crippen LogP contribution in [-0.2, 0) is 11.2 Å². The Morgan fingerprint density at radius 2 is 1.80 bits per heavy atom. The Bertz CT molecular complexity index is 1200. The zero-order valence-corrected chi connectivity index (χ0v) is 21.2. The second-order valence-electron chi connectivity index (χ2n) is 11.6. The lowest BCUT2D eigenvalue weighted by Crippen LogP contribution is -2.63. The average Bonchev–Trinajstić information content (AvgIpc) is 3.30. The van der Waals surface area contributed by atoms with Crippen molar-refractivity contribution in [1.82, 2.24) is 14.8 Å². The SMILES string of the molecule is C[C@@H]1OC(C2CCCCC2)N(C)[C@H]2C[C@H]3c4[nH]c5cccc(-c6ccccc6)c5c4CCN3C[C@@H]12. The molecule has 0 amide bonds. The maximum atomic E-state index is 6.76. The van der Waals surface area contributed by atoms with Gasteiger partial charge < -0.3 is 9.72 Å². The summed E-state index contributed by atoms with van der Waals surface area (Å²) >= 11 is 0. The maximum absolute atomic E-state index is 6.76. The number of nitrogens with zero attached hydrogens (tertiary/aromatic N) is 2. The highest BCUT2D eigenvalue weighted by molar-refractivity contribution is 5.98. The first-order valence-electron chi connectivity index (χ1n) is 14.0. The fourth-order valence-electron chi connectivity index (χ4n) is 8.01. The van der Waals surface area contributed by atoms with Gasteiger partial charge in [0.25, 0.3) is 0 Å². The maximum Gasteiger partial charge on any atom is 0.113 e. The Morgan fingerprint density at radius 1 is 0.971 bits per heavy atom. The van der Waals surface area contributed by atoms with Gasteiger partial charge in [-0.15, -0.1) is 0 Å². The molecular formula is C31H39N3O. The number of aromatic nitrogens is 1. The summed E-state index contributed by atoms with van der Waals surface area (Å²) in [5, 5.41) is 1.45. The highest BCUT2D eigenvalue weighted by Gasteiger charge is 2.49. The lowest BCUT2D eigenvalue weighted by molar-refractivity contribution is -0.220. The molecule has 0 bridgehead atoms. The normalized spacial score (nSPS) is 32.2. The molecule has 2 saturated heterocycles. The van der Waals surface area contributed by atoms with Gasteiger partial charge in [0.15, 0.2) is 0 Å². The van der Waals surface area contributed by atoms with E-state index < -0.39 is 0 Å². The summed E-state index contributed by atoms with van der Waals surface area (Å²) in [6, 6.07) is 18.8. The first kappa shape index (κ1) is 22.1. The van der Waals surface area contributed by atoms with Crippen LogP contribution < -0.4 is 0 Å². The quantitative estimate of drug-likeness (QED) is 0.473. The molecule has 1 saturated carbocycles. The molecule has 1 aliphatic carbocycles. The van der Waals surface area contributed by atoms with Crippen LogP contribution >= 0.6 is 0 Å². The van der Waals surface area contributed by atoms with E-state index in [9.17, 15) is 0 Å². The van der Waals surface area contributed by atoms with Crippen LogP contribution in [0.4, 0.5) is 0 Å². The van der Waals surface area contributed by atoms with Gasteiger partial charge in [0.1, 0.15) is 6.23 Å².